The molecule has 1 fully saturated rings. The van der Waals surface area contributed by atoms with E-state index in [-0.39, 0.29) is 0 Å². The fraction of sp³-hybridized carbons (Fsp3) is 0.533. The predicted molar refractivity (Wildman–Crippen MR) is 71.0 cm³/mol. The third kappa shape index (κ3) is 3.00. The average molecular weight is 228 g/mol. The van der Waals surface area contributed by atoms with Crippen LogP contribution in [0.15, 0.2) is 18.2 Å². The molecule has 2 nitrogen and oxygen atoms in total. The van der Waals surface area contributed by atoms with Crippen molar-refractivity contribution < 1.29 is 0 Å². The topological polar surface area (TPSA) is 35.8 Å². The number of anilines is 1. The number of nitrogens with one attached hydrogen (secondary N) is 1. The average Bonchev–Trinajstić information content (AvgIpc) is 2.60. The summed E-state index contributed by atoms with van der Waals surface area (Å²) in [5, 5.41) is 12.7. The van der Waals surface area contributed by atoms with Crippen LogP contribution in [0.2, 0.25) is 0 Å². The summed E-state index contributed by atoms with van der Waals surface area (Å²) in [7, 11) is 0. The van der Waals surface area contributed by atoms with Gasteiger partial charge in [0, 0.05) is 6.04 Å². The van der Waals surface area contributed by atoms with Crippen molar-refractivity contribution in [2.75, 3.05) is 5.32 Å². The Labute approximate surface area is 104 Å². The lowest BCUT2D eigenvalue weighted by atomic mass is 10.0. The molecule has 0 saturated heterocycles. The standard InChI is InChI=1S/C15H20N2/c1-12-7-6-8-13(11-16)15(12)17-14-9-4-2-3-5-10-14/h6-8,14,17H,2-5,9-10H2,1H3. The first-order valence-electron chi connectivity index (χ1n) is 6.57. The molecule has 2 heteroatoms. The molecule has 1 N–H and O–H groups in total. The van der Waals surface area contributed by atoms with Gasteiger partial charge in [0.2, 0.25) is 0 Å². The Morgan fingerprint density at radius 1 is 1.18 bits per heavy atom. The first-order chi connectivity index (χ1) is 8.31. The van der Waals surface area contributed by atoms with Crippen LogP contribution in [0.25, 0.3) is 0 Å². The summed E-state index contributed by atoms with van der Waals surface area (Å²) in [6.07, 6.45) is 7.81. The number of nitriles is 1. The number of benzene rings is 1. The van der Waals surface area contributed by atoms with Crippen molar-refractivity contribution >= 4 is 5.69 Å². The second-order valence-corrected chi connectivity index (χ2v) is 4.94. The molecule has 1 aliphatic carbocycles. The van der Waals surface area contributed by atoms with Crippen molar-refractivity contribution in [1.82, 2.24) is 0 Å². The largest absolute Gasteiger partial charge is 0.381 e. The molecule has 0 radical (unpaired) electrons. The van der Waals surface area contributed by atoms with E-state index in [4.69, 9.17) is 5.26 Å². The van der Waals surface area contributed by atoms with E-state index in [1.807, 2.05) is 12.1 Å². The van der Waals surface area contributed by atoms with E-state index >= 15 is 0 Å². The van der Waals surface area contributed by atoms with E-state index < -0.39 is 0 Å². The minimum atomic E-state index is 0.547. The molecule has 0 aromatic heterocycles. The van der Waals surface area contributed by atoms with Crippen LogP contribution in [0.5, 0.6) is 0 Å². The molecule has 2 rings (SSSR count). The summed E-state index contributed by atoms with van der Waals surface area (Å²) in [5.41, 5.74) is 2.99. The SMILES string of the molecule is Cc1cccc(C#N)c1NC1CCCCCC1. The Morgan fingerprint density at radius 2 is 1.88 bits per heavy atom. The quantitative estimate of drug-likeness (QED) is 0.776. The van der Waals surface area contributed by atoms with Gasteiger partial charge in [-0.05, 0) is 31.4 Å². The van der Waals surface area contributed by atoms with E-state index in [1.165, 1.54) is 44.1 Å². The van der Waals surface area contributed by atoms with Gasteiger partial charge in [-0.3, -0.25) is 0 Å². The minimum absolute atomic E-state index is 0.547. The lowest BCUT2D eigenvalue weighted by Gasteiger charge is -2.20. The zero-order valence-electron chi connectivity index (χ0n) is 10.5. The summed E-state index contributed by atoms with van der Waals surface area (Å²) in [6.45, 7) is 2.07. The van der Waals surface area contributed by atoms with Gasteiger partial charge in [0.15, 0.2) is 0 Å². The van der Waals surface area contributed by atoms with Crippen LogP contribution in [-0.2, 0) is 0 Å². The Bertz CT molecular complexity index is 409. The van der Waals surface area contributed by atoms with Gasteiger partial charge in [0.05, 0.1) is 11.3 Å². The van der Waals surface area contributed by atoms with Crippen LogP contribution < -0.4 is 5.32 Å². The fourth-order valence-corrected chi connectivity index (χ4v) is 2.58. The van der Waals surface area contributed by atoms with E-state index in [9.17, 15) is 0 Å². The van der Waals surface area contributed by atoms with Crippen molar-refractivity contribution in [2.45, 2.75) is 51.5 Å². The zero-order valence-corrected chi connectivity index (χ0v) is 10.5. The number of hydrogen-bond acceptors (Lipinski definition) is 2. The highest BCUT2D eigenvalue weighted by Gasteiger charge is 2.14. The van der Waals surface area contributed by atoms with Gasteiger partial charge in [-0.2, -0.15) is 5.26 Å². The van der Waals surface area contributed by atoms with Crippen molar-refractivity contribution in [3.8, 4) is 6.07 Å². The Morgan fingerprint density at radius 3 is 2.53 bits per heavy atom. The molecule has 90 valence electrons. The molecule has 1 aliphatic rings. The normalized spacial score (nSPS) is 17.2. The molecule has 0 bridgehead atoms. The first kappa shape index (κ1) is 12.0. The highest BCUT2D eigenvalue weighted by molar-refractivity contribution is 5.62. The molecule has 1 saturated carbocycles. The summed E-state index contributed by atoms with van der Waals surface area (Å²) >= 11 is 0. The highest BCUT2D eigenvalue weighted by Crippen LogP contribution is 2.25. The molecular weight excluding hydrogens is 208 g/mol. The van der Waals surface area contributed by atoms with Crippen molar-refractivity contribution in [2.24, 2.45) is 0 Å². The van der Waals surface area contributed by atoms with Crippen LogP contribution >= 0.6 is 0 Å². The van der Waals surface area contributed by atoms with E-state index in [0.717, 1.165) is 11.3 Å². The molecule has 1 aromatic carbocycles. The van der Waals surface area contributed by atoms with Crippen molar-refractivity contribution in [3.05, 3.63) is 29.3 Å². The molecule has 0 amide bonds. The Kier molecular flexibility index (Phi) is 4.03. The van der Waals surface area contributed by atoms with Gasteiger partial charge in [0.1, 0.15) is 6.07 Å². The maximum absolute atomic E-state index is 9.14. The number of para-hydroxylation sites is 1. The minimum Gasteiger partial charge on any atom is -0.381 e. The summed E-state index contributed by atoms with van der Waals surface area (Å²) in [4.78, 5) is 0. The third-order valence-electron chi connectivity index (χ3n) is 3.60. The van der Waals surface area contributed by atoms with Gasteiger partial charge in [0.25, 0.3) is 0 Å². The third-order valence-corrected chi connectivity index (χ3v) is 3.60. The lowest BCUT2D eigenvalue weighted by molar-refractivity contribution is 0.619. The first-order valence-corrected chi connectivity index (χ1v) is 6.57. The predicted octanol–water partition coefficient (Wildman–Crippen LogP) is 4.00. The van der Waals surface area contributed by atoms with Gasteiger partial charge in [-0.15, -0.1) is 0 Å². The maximum atomic E-state index is 9.14. The smallest absolute Gasteiger partial charge is 0.101 e. The highest BCUT2D eigenvalue weighted by atomic mass is 14.9. The maximum Gasteiger partial charge on any atom is 0.101 e. The van der Waals surface area contributed by atoms with Gasteiger partial charge in [-0.1, -0.05) is 37.8 Å². The van der Waals surface area contributed by atoms with E-state index in [2.05, 4.69) is 24.4 Å². The van der Waals surface area contributed by atoms with Crippen LogP contribution in [0.4, 0.5) is 5.69 Å². The molecular formula is C15H20N2. The van der Waals surface area contributed by atoms with E-state index in [1.54, 1.807) is 0 Å². The van der Waals surface area contributed by atoms with Crippen LogP contribution in [0.3, 0.4) is 0 Å². The van der Waals surface area contributed by atoms with Crippen LogP contribution in [0.1, 0.15) is 49.7 Å². The van der Waals surface area contributed by atoms with E-state index in [0.29, 0.717) is 6.04 Å². The van der Waals surface area contributed by atoms with Crippen molar-refractivity contribution in [1.29, 1.82) is 5.26 Å². The summed E-state index contributed by atoms with van der Waals surface area (Å²) in [6, 6.07) is 8.74. The van der Waals surface area contributed by atoms with Gasteiger partial charge < -0.3 is 5.32 Å². The molecule has 0 spiro atoms. The van der Waals surface area contributed by atoms with Crippen LogP contribution in [0, 0.1) is 18.3 Å². The van der Waals surface area contributed by atoms with Crippen LogP contribution in [-0.4, -0.2) is 6.04 Å². The lowest BCUT2D eigenvalue weighted by Crippen LogP contribution is -2.19. The molecule has 1 aromatic rings. The Balaban J connectivity index is 2.14. The number of aryl methyl sites for hydroxylation is 1. The number of rotatable bonds is 2. The zero-order chi connectivity index (χ0) is 12.1. The number of nitrogens with zero attached hydrogens (tertiary/aromatic N) is 1. The summed E-state index contributed by atoms with van der Waals surface area (Å²) in [5.74, 6) is 0. The monoisotopic (exact) mass is 228 g/mol. The molecule has 0 atom stereocenters. The van der Waals surface area contributed by atoms with Gasteiger partial charge >= 0.3 is 0 Å². The fourth-order valence-electron chi connectivity index (χ4n) is 2.58. The molecule has 0 aliphatic heterocycles. The molecule has 0 heterocycles. The molecule has 17 heavy (non-hydrogen) atoms. The van der Waals surface area contributed by atoms with Gasteiger partial charge in [-0.25, -0.2) is 0 Å². The summed E-state index contributed by atoms with van der Waals surface area (Å²) < 4.78 is 0. The second-order valence-electron chi connectivity index (χ2n) is 4.94. The second kappa shape index (κ2) is 5.72. The molecule has 0 unspecified atom stereocenters. The number of hydrogen-bond donors (Lipinski definition) is 1. The van der Waals surface area contributed by atoms with Crippen molar-refractivity contribution in [3.63, 3.8) is 0 Å². The Hall–Kier alpha value is -1.49.